The highest BCUT2D eigenvalue weighted by molar-refractivity contribution is 6.62. The first-order valence-electron chi connectivity index (χ1n) is 6.49. The molecule has 0 saturated carbocycles. The van der Waals surface area contributed by atoms with Crippen LogP contribution in [-0.4, -0.2) is 23.3 Å². The zero-order valence-electron chi connectivity index (χ0n) is 12.0. The molecule has 19 heavy (non-hydrogen) atoms. The first kappa shape index (κ1) is 12.7. The maximum atomic E-state index is 6.02. The quantitative estimate of drug-likeness (QED) is 0.738. The van der Waals surface area contributed by atoms with Crippen LogP contribution in [0.15, 0.2) is 22.9 Å². The van der Waals surface area contributed by atoms with Crippen LogP contribution in [-0.2, 0) is 9.31 Å². The van der Waals surface area contributed by atoms with Crippen molar-refractivity contribution in [3.05, 3.63) is 24.1 Å². The molecule has 100 valence electrons. The van der Waals surface area contributed by atoms with E-state index in [4.69, 9.17) is 13.7 Å². The number of rotatable bonds is 1. The molecule has 1 aliphatic rings. The average Bonchev–Trinajstić information content (AvgIpc) is 2.78. The minimum absolute atomic E-state index is 0.335. The first-order valence-corrected chi connectivity index (χ1v) is 6.49. The number of aryl methyl sites for hydroxylation is 1. The smallest absolute Gasteiger partial charge is 0.446 e. The number of hydrogen-bond donors (Lipinski definition) is 0. The van der Waals surface area contributed by atoms with Gasteiger partial charge >= 0.3 is 7.12 Å². The van der Waals surface area contributed by atoms with Gasteiger partial charge in [0.05, 0.1) is 17.5 Å². The topological polar surface area (TPSA) is 44.5 Å². The average molecular weight is 259 g/mol. The van der Waals surface area contributed by atoms with Crippen molar-refractivity contribution in [2.45, 2.75) is 45.8 Å². The molecule has 0 radical (unpaired) electrons. The van der Waals surface area contributed by atoms with E-state index in [1.54, 1.807) is 12.5 Å². The van der Waals surface area contributed by atoms with Gasteiger partial charge in [-0.15, -0.1) is 0 Å². The van der Waals surface area contributed by atoms with Crippen LogP contribution in [0.2, 0.25) is 0 Å². The molecule has 0 aliphatic carbocycles. The summed E-state index contributed by atoms with van der Waals surface area (Å²) in [5.74, 6) is 0. The van der Waals surface area contributed by atoms with Crippen LogP contribution in [0, 0.1) is 6.92 Å². The third-order valence-corrected chi connectivity index (χ3v) is 4.17. The Hall–Kier alpha value is -1.33. The molecule has 3 heterocycles. The van der Waals surface area contributed by atoms with Crippen molar-refractivity contribution < 1.29 is 13.7 Å². The molecule has 2 aromatic rings. The molecule has 0 atom stereocenters. The lowest BCUT2D eigenvalue weighted by molar-refractivity contribution is 0.00578. The lowest BCUT2D eigenvalue weighted by Gasteiger charge is -2.32. The second-order valence-electron chi connectivity index (χ2n) is 6.13. The Bertz CT molecular complexity index is 617. The van der Waals surface area contributed by atoms with Crippen molar-refractivity contribution in [1.29, 1.82) is 0 Å². The molecule has 0 amide bonds. The minimum Gasteiger partial charge on any atom is -0.446 e. The molecule has 1 saturated heterocycles. The van der Waals surface area contributed by atoms with Gasteiger partial charge in [0.2, 0.25) is 5.71 Å². The van der Waals surface area contributed by atoms with Gasteiger partial charge in [0.1, 0.15) is 0 Å². The molecule has 5 heteroatoms. The molecule has 1 aliphatic heterocycles. The molecule has 1 fully saturated rings. The van der Waals surface area contributed by atoms with Gasteiger partial charge in [0.15, 0.2) is 0 Å². The SMILES string of the molecule is Cc1coc2ncc(B3OC(C)(C)C(C)(C)O3)cc12. The molecule has 0 bridgehead atoms. The first-order chi connectivity index (χ1) is 8.80. The maximum Gasteiger partial charge on any atom is 0.496 e. The fourth-order valence-corrected chi connectivity index (χ4v) is 2.16. The summed E-state index contributed by atoms with van der Waals surface area (Å²) in [6.07, 6.45) is 3.47. The van der Waals surface area contributed by atoms with Crippen LogP contribution in [0.3, 0.4) is 0 Å². The summed E-state index contributed by atoms with van der Waals surface area (Å²) < 4.78 is 17.4. The number of fused-ring (bicyclic) bond motifs is 1. The van der Waals surface area contributed by atoms with E-state index < -0.39 is 0 Å². The van der Waals surface area contributed by atoms with Crippen molar-refractivity contribution in [2.24, 2.45) is 0 Å². The van der Waals surface area contributed by atoms with E-state index >= 15 is 0 Å². The summed E-state index contributed by atoms with van der Waals surface area (Å²) in [4.78, 5) is 4.32. The summed E-state index contributed by atoms with van der Waals surface area (Å²) in [5.41, 5.74) is 1.98. The van der Waals surface area contributed by atoms with E-state index in [1.807, 2.05) is 40.7 Å². The van der Waals surface area contributed by atoms with Crippen molar-refractivity contribution in [3.63, 3.8) is 0 Å². The lowest BCUT2D eigenvalue weighted by atomic mass is 9.80. The third-order valence-electron chi connectivity index (χ3n) is 4.17. The Morgan fingerprint density at radius 3 is 2.37 bits per heavy atom. The van der Waals surface area contributed by atoms with Crippen molar-refractivity contribution in [3.8, 4) is 0 Å². The molecule has 3 rings (SSSR count). The van der Waals surface area contributed by atoms with Crippen molar-refractivity contribution >= 4 is 23.7 Å². The van der Waals surface area contributed by atoms with E-state index in [2.05, 4.69) is 4.98 Å². The van der Waals surface area contributed by atoms with E-state index in [-0.39, 0.29) is 18.3 Å². The molecular formula is C14H18BNO3. The van der Waals surface area contributed by atoms with Crippen LogP contribution >= 0.6 is 0 Å². The van der Waals surface area contributed by atoms with Gasteiger partial charge in [0, 0.05) is 17.0 Å². The summed E-state index contributed by atoms with van der Waals surface area (Å²) in [7, 11) is -0.379. The Kier molecular flexibility index (Phi) is 2.56. The largest absolute Gasteiger partial charge is 0.496 e. The van der Waals surface area contributed by atoms with Crippen LogP contribution < -0.4 is 5.46 Å². The Labute approximate surface area is 113 Å². The molecule has 0 spiro atoms. The van der Waals surface area contributed by atoms with Crippen LogP contribution in [0.25, 0.3) is 11.1 Å². The highest BCUT2D eigenvalue weighted by atomic mass is 16.7. The Morgan fingerprint density at radius 1 is 1.11 bits per heavy atom. The van der Waals surface area contributed by atoms with Gasteiger partial charge in [-0.2, -0.15) is 0 Å². The van der Waals surface area contributed by atoms with E-state index in [1.165, 1.54) is 0 Å². The number of aromatic nitrogens is 1. The number of nitrogens with zero attached hydrogens (tertiary/aromatic N) is 1. The summed E-state index contributed by atoms with van der Waals surface area (Å²) >= 11 is 0. The van der Waals surface area contributed by atoms with Gasteiger partial charge < -0.3 is 13.7 Å². The normalized spacial score (nSPS) is 21.2. The summed E-state index contributed by atoms with van der Waals surface area (Å²) in [6.45, 7) is 10.2. The van der Waals surface area contributed by atoms with Crippen molar-refractivity contribution in [2.75, 3.05) is 0 Å². The number of hydrogen-bond acceptors (Lipinski definition) is 4. The zero-order chi connectivity index (χ0) is 13.8. The Morgan fingerprint density at radius 2 is 1.74 bits per heavy atom. The highest BCUT2D eigenvalue weighted by Crippen LogP contribution is 2.36. The van der Waals surface area contributed by atoms with E-state index in [0.29, 0.717) is 5.71 Å². The number of furan rings is 1. The van der Waals surface area contributed by atoms with Crippen LogP contribution in [0.4, 0.5) is 0 Å². The Balaban J connectivity index is 2.00. The highest BCUT2D eigenvalue weighted by Gasteiger charge is 2.51. The zero-order valence-corrected chi connectivity index (χ0v) is 12.0. The fourth-order valence-electron chi connectivity index (χ4n) is 2.16. The van der Waals surface area contributed by atoms with Gasteiger partial charge in [-0.1, -0.05) is 0 Å². The second-order valence-corrected chi connectivity index (χ2v) is 6.13. The minimum atomic E-state index is -0.379. The standard InChI is InChI=1S/C14H18BNO3/c1-9-8-17-12-11(9)6-10(7-16-12)15-18-13(2,3)14(4,5)19-15/h6-8H,1-5H3. The summed E-state index contributed by atoms with van der Waals surface area (Å²) in [6, 6.07) is 2.03. The molecule has 4 nitrogen and oxygen atoms in total. The lowest BCUT2D eigenvalue weighted by Crippen LogP contribution is -2.41. The van der Waals surface area contributed by atoms with Gasteiger partial charge in [0.25, 0.3) is 0 Å². The predicted molar refractivity (Wildman–Crippen MR) is 74.5 cm³/mol. The molecule has 0 unspecified atom stereocenters. The van der Waals surface area contributed by atoms with Crippen LogP contribution in [0.5, 0.6) is 0 Å². The number of pyridine rings is 1. The third kappa shape index (κ3) is 1.88. The van der Waals surface area contributed by atoms with Gasteiger partial charge in [-0.3, -0.25) is 0 Å². The van der Waals surface area contributed by atoms with Crippen molar-refractivity contribution in [1.82, 2.24) is 4.98 Å². The van der Waals surface area contributed by atoms with E-state index in [9.17, 15) is 0 Å². The maximum absolute atomic E-state index is 6.02. The van der Waals surface area contributed by atoms with Crippen LogP contribution in [0.1, 0.15) is 33.3 Å². The second kappa shape index (κ2) is 3.84. The van der Waals surface area contributed by atoms with Gasteiger partial charge in [-0.25, -0.2) is 4.98 Å². The molecule has 0 N–H and O–H groups in total. The van der Waals surface area contributed by atoms with Gasteiger partial charge in [-0.05, 0) is 46.2 Å². The summed E-state index contributed by atoms with van der Waals surface area (Å²) in [5, 5.41) is 1.01. The molecule has 0 aromatic carbocycles. The fraction of sp³-hybridized carbons (Fsp3) is 0.500. The predicted octanol–water partition coefficient (Wildman–Crippen LogP) is 2.44. The monoisotopic (exact) mass is 259 g/mol. The van der Waals surface area contributed by atoms with E-state index in [0.717, 1.165) is 16.4 Å². The molecule has 2 aromatic heterocycles. The molecular weight excluding hydrogens is 241 g/mol.